The Bertz CT molecular complexity index is 474. The molecule has 2 unspecified atom stereocenters. The molecule has 26 heavy (non-hydrogen) atoms. The van der Waals surface area contributed by atoms with Crippen LogP contribution < -0.4 is 4.90 Å². The fourth-order valence-corrected chi connectivity index (χ4v) is 4.73. The van der Waals surface area contributed by atoms with Crippen LogP contribution in [0.15, 0.2) is 30.3 Å². The summed E-state index contributed by atoms with van der Waals surface area (Å²) in [6.45, 7) is 10.2. The number of nitrogens with zero attached hydrogens (tertiary/aromatic N) is 1. The van der Waals surface area contributed by atoms with Gasteiger partial charge in [0.05, 0.1) is 0 Å². The molecule has 3 heteroatoms. The van der Waals surface area contributed by atoms with Gasteiger partial charge in [0, 0.05) is 18.0 Å². The molecule has 1 rings (SSSR count). The fraction of sp³-hybridized carbons (Fsp3) is 0.696. The maximum absolute atomic E-state index is 5.90. The molecule has 0 aromatic heterocycles. The molecule has 0 N–H and O–H groups in total. The molecule has 0 aliphatic rings. The maximum Gasteiger partial charge on any atom is 0.140 e. The summed E-state index contributed by atoms with van der Waals surface area (Å²) in [6.07, 6.45) is 10.3. The first-order valence-corrected chi connectivity index (χ1v) is 12.0. The van der Waals surface area contributed by atoms with Gasteiger partial charge in [-0.3, -0.25) is 0 Å². The van der Waals surface area contributed by atoms with Crippen LogP contribution in [0.3, 0.4) is 0 Å². The third-order valence-electron chi connectivity index (χ3n) is 5.26. The summed E-state index contributed by atoms with van der Waals surface area (Å²) in [5, 5.41) is 0. The van der Waals surface area contributed by atoms with Crippen molar-refractivity contribution in [2.75, 3.05) is 17.2 Å². The quantitative estimate of drug-likeness (QED) is 0.313. The summed E-state index contributed by atoms with van der Waals surface area (Å²) in [4.78, 5) is 2.40. The van der Waals surface area contributed by atoms with Crippen molar-refractivity contribution in [1.29, 1.82) is 0 Å². The smallest absolute Gasteiger partial charge is 0.140 e. The lowest BCUT2D eigenvalue weighted by Gasteiger charge is -2.30. The van der Waals surface area contributed by atoms with E-state index in [2.05, 4.69) is 62.9 Å². The Balaban J connectivity index is 2.75. The van der Waals surface area contributed by atoms with E-state index in [1.807, 2.05) is 11.8 Å². The van der Waals surface area contributed by atoms with Gasteiger partial charge in [0.15, 0.2) is 0 Å². The van der Waals surface area contributed by atoms with E-state index >= 15 is 0 Å². The van der Waals surface area contributed by atoms with Crippen LogP contribution in [0.4, 0.5) is 5.69 Å². The van der Waals surface area contributed by atoms with Crippen LogP contribution in [0.1, 0.15) is 79.1 Å². The summed E-state index contributed by atoms with van der Waals surface area (Å²) in [7, 11) is 0. The molecule has 0 bridgehead atoms. The van der Waals surface area contributed by atoms with E-state index in [0.29, 0.717) is 0 Å². The summed E-state index contributed by atoms with van der Waals surface area (Å²) >= 11 is 7.80. The van der Waals surface area contributed by atoms with Crippen LogP contribution in [0.5, 0.6) is 0 Å². The first-order valence-electron chi connectivity index (χ1n) is 10.6. The monoisotopic (exact) mass is 393 g/mol. The Kier molecular flexibility index (Phi) is 13.1. The largest absolute Gasteiger partial charge is 0.327 e. The third kappa shape index (κ3) is 8.90. The molecular weight excluding hydrogens is 354 g/mol. The van der Waals surface area contributed by atoms with Crippen LogP contribution in [-0.2, 0) is 0 Å². The number of thiocarbonyl (C=S) groups is 1. The predicted molar refractivity (Wildman–Crippen MR) is 125 cm³/mol. The highest BCUT2D eigenvalue weighted by Crippen LogP contribution is 2.26. The van der Waals surface area contributed by atoms with Crippen molar-refractivity contribution in [1.82, 2.24) is 0 Å². The zero-order chi connectivity index (χ0) is 19.2. The SMILES string of the molecule is CCCCC(CC)CSC(=S)N(CC(CC)CCCC)c1ccccc1. The zero-order valence-electron chi connectivity index (χ0n) is 17.4. The van der Waals surface area contributed by atoms with Crippen LogP contribution in [0.2, 0.25) is 0 Å². The second-order valence-electron chi connectivity index (χ2n) is 7.36. The number of benzene rings is 1. The standard InChI is InChI=1S/C23H39NS2/c1-5-9-14-20(7-3)18-24(22-16-12-11-13-17-22)23(25)26-19-21(8-4)15-10-6-2/h11-13,16-17,20-21H,5-10,14-15,18-19H2,1-4H3. The second-order valence-corrected chi connectivity index (χ2v) is 9.01. The van der Waals surface area contributed by atoms with Crippen molar-refractivity contribution >= 4 is 34.0 Å². The summed E-state index contributed by atoms with van der Waals surface area (Å²) < 4.78 is 1.06. The highest BCUT2D eigenvalue weighted by atomic mass is 32.2. The number of para-hydroxylation sites is 1. The van der Waals surface area contributed by atoms with Gasteiger partial charge in [0.25, 0.3) is 0 Å². The molecule has 1 aromatic rings. The lowest BCUT2D eigenvalue weighted by molar-refractivity contribution is 0.461. The number of hydrogen-bond donors (Lipinski definition) is 0. The van der Waals surface area contributed by atoms with Crippen molar-refractivity contribution in [3.05, 3.63) is 30.3 Å². The minimum Gasteiger partial charge on any atom is -0.327 e. The van der Waals surface area contributed by atoms with Crippen LogP contribution in [-0.4, -0.2) is 16.6 Å². The van der Waals surface area contributed by atoms with E-state index in [0.717, 1.165) is 28.5 Å². The number of unbranched alkanes of at least 4 members (excludes halogenated alkanes) is 2. The van der Waals surface area contributed by atoms with Crippen LogP contribution in [0, 0.1) is 11.8 Å². The van der Waals surface area contributed by atoms with Gasteiger partial charge >= 0.3 is 0 Å². The van der Waals surface area contributed by atoms with Gasteiger partial charge in [-0.05, 0) is 36.8 Å². The molecule has 0 heterocycles. The minimum absolute atomic E-state index is 0.718. The number of hydrogen-bond acceptors (Lipinski definition) is 2. The molecule has 0 amide bonds. The normalized spacial score (nSPS) is 13.4. The van der Waals surface area contributed by atoms with Gasteiger partial charge in [-0.2, -0.15) is 0 Å². The molecule has 0 saturated heterocycles. The van der Waals surface area contributed by atoms with Gasteiger partial charge < -0.3 is 4.90 Å². The van der Waals surface area contributed by atoms with Crippen molar-refractivity contribution < 1.29 is 0 Å². The van der Waals surface area contributed by atoms with E-state index < -0.39 is 0 Å². The molecule has 0 spiro atoms. The molecule has 2 atom stereocenters. The van der Waals surface area contributed by atoms with Gasteiger partial charge in [-0.1, -0.05) is 108 Å². The number of rotatable bonds is 13. The molecule has 0 fully saturated rings. The first kappa shape index (κ1) is 23.5. The topological polar surface area (TPSA) is 3.24 Å². The lowest BCUT2D eigenvalue weighted by atomic mass is 9.98. The Labute approximate surface area is 172 Å². The van der Waals surface area contributed by atoms with Gasteiger partial charge in [0.2, 0.25) is 0 Å². The van der Waals surface area contributed by atoms with E-state index in [1.165, 1.54) is 57.1 Å². The Morgan fingerprint density at radius 3 is 2.04 bits per heavy atom. The van der Waals surface area contributed by atoms with Crippen LogP contribution in [0.25, 0.3) is 0 Å². The number of anilines is 1. The summed E-state index contributed by atoms with van der Waals surface area (Å²) in [5.74, 6) is 2.66. The van der Waals surface area contributed by atoms with Gasteiger partial charge in [-0.25, -0.2) is 0 Å². The fourth-order valence-electron chi connectivity index (χ4n) is 3.23. The maximum atomic E-state index is 5.90. The molecular formula is C23H39NS2. The van der Waals surface area contributed by atoms with Gasteiger partial charge in [-0.15, -0.1) is 0 Å². The Hall–Kier alpha value is -0.540. The molecule has 0 aliphatic heterocycles. The summed E-state index contributed by atoms with van der Waals surface area (Å²) in [5.41, 5.74) is 1.25. The van der Waals surface area contributed by atoms with Crippen molar-refractivity contribution in [2.45, 2.75) is 79.1 Å². The average Bonchev–Trinajstić information content (AvgIpc) is 2.69. The molecule has 1 nitrogen and oxygen atoms in total. The highest BCUT2D eigenvalue weighted by molar-refractivity contribution is 8.23. The van der Waals surface area contributed by atoms with Crippen LogP contribution >= 0.6 is 24.0 Å². The third-order valence-corrected chi connectivity index (χ3v) is 6.94. The Morgan fingerprint density at radius 1 is 0.923 bits per heavy atom. The van der Waals surface area contributed by atoms with Crippen molar-refractivity contribution in [3.8, 4) is 0 Å². The minimum atomic E-state index is 0.718. The molecule has 0 aliphatic carbocycles. The number of thioether (sulfide) groups is 1. The van der Waals surface area contributed by atoms with Crippen molar-refractivity contribution in [2.24, 2.45) is 11.8 Å². The van der Waals surface area contributed by atoms with E-state index in [-0.39, 0.29) is 0 Å². The van der Waals surface area contributed by atoms with E-state index in [1.54, 1.807) is 0 Å². The van der Waals surface area contributed by atoms with Gasteiger partial charge in [0.1, 0.15) is 4.32 Å². The lowest BCUT2D eigenvalue weighted by Crippen LogP contribution is -2.33. The van der Waals surface area contributed by atoms with Crippen molar-refractivity contribution in [3.63, 3.8) is 0 Å². The van der Waals surface area contributed by atoms with E-state index in [9.17, 15) is 0 Å². The predicted octanol–water partition coefficient (Wildman–Crippen LogP) is 7.94. The highest BCUT2D eigenvalue weighted by Gasteiger charge is 2.18. The second kappa shape index (κ2) is 14.5. The van der Waals surface area contributed by atoms with E-state index in [4.69, 9.17) is 12.2 Å². The summed E-state index contributed by atoms with van der Waals surface area (Å²) in [6, 6.07) is 10.7. The zero-order valence-corrected chi connectivity index (χ0v) is 19.0. The first-order chi connectivity index (χ1) is 12.7. The Morgan fingerprint density at radius 2 is 1.50 bits per heavy atom. The molecule has 0 radical (unpaired) electrons. The average molecular weight is 394 g/mol. The molecule has 1 aromatic carbocycles. The molecule has 148 valence electrons. The molecule has 0 saturated carbocycles.